The average Bonchev–Trinajstić information content (AvgIpc) is 4.21. The zero-order chi connectivity index (χ0) is 43.7. The second-order valence-electron chi connectivity index (χ2n) is 17.0. The maximum absolute atomic E-state index is 4.93. The molecule has 4 heterocycles. The Morgan fingerprint density at radius 2 is 0.652 bits per heavy atom. The summed E-state index contributed by atoms with van der Waals surface area (Å²) in [6.45, 7) is 12.2. The molecule has 0 atom stereocenters. The van der Waals surface area contributed by atoms with Gasteiger partial charge in [-0.3, -0.25) is 10.6 Å². The van der Waals surface area contributed by atoms with Crippen molar-refractivity contribution in [2.45, 2.75) is 77.0 Å². The first-order chi connectivity index (χ1) is 31.8. The summed E-state index contributed by atoms with van der Waals surface area (Å²) in [5, 5.41) is 19.6. The molecule has 8 rings (SSSR count). The molecule has 0 aliphatic carbocycles. The van der Waals surface area contributed by atoms with E-state index in [0.29, 0.717) is 0 Å². The Balaban J connectivity index is 0.000000240. The molecule has 14 heteroatoms. The molecular formula is C52H72Mg2N12+4. The first-order valence-electron chi connectivity index (χ1n) is 24.2. The van der Waals surface area contributed by atoms with E-state index in [2.05, 4.69) is 112 Å². The van der Waals surface area contributed by atoms with E-state index in [1.807, 2.05) is 48.5 Å². The summed E-state index contributed by atoms with van der Waals surface area (Å²) in [5.74, 6) is 4.07. The summed E-state index contributed by atoms with van der Waals surface area (Å²) in [7, 11) is 0. The molecule has 0 spiro atoms. The van der Waals surface area contributed by atoms with Gasteiger partial charge in [0.15, 0.2) is 23.8 Å². The third-order valence-electron chi connectivity index (χ3n) is 11.9. The third-order valence-corrected chi connectivity index (χ3v) is 11.9. The Labute approximate surface area is 427 Å². The van der Waals surface area contributed by atoms with Crippen LogP contribution < -0.4 is 20.0 Å². The molecule has 4 fully saturated rings. The van der Waals surface area contributed by atoms with Crippen molar-refractivity contribution in [2.75, 3.05) is 78.5 Å². The van der Waals surface area contributed by atoms with Gasteiger partial charge in [-0.05, 0) is 126 Å². The van der Waals surface area contributed by atoms with E-state index >= 15 is 0 Å². The molecule has 340 valence electrons. The minimum atomic E-state index is 0. The van der Waals surface area contributed by atoms with Gasteiger partial charge >= 0.3 is 46.1 Å². The summed E-state index contributed by atoms with van der Waals surface area (Å²) < 4.78 is 0. The van der Waals surface area contributed by atoms with Crippen molar-refractivity contribution in [1.82, 2.24) is 19.6 Å². The Kier molecular flexibility index (Phi) is 24.4. The van der Waals surface area contributed by atoms with Gasteiger partial charge in [0.25, 0.3) is 0 Å². The van der Waals surface area contributed by atoms with Crippen LogP contribution in [0.4, 0.5) is 22.7 Å². The van der Waals surface area contributed by atoms with E-state index in [9.17, 15) is 0 Å². The van der Waals surface area contributed by atoms with Crippen molar-refractivity contribution in [1.29, 1.82) is 0 Å². The maximum atomic E-state index is 4.93. The number of hydrogen-bond acceptors (Lipinski definition) is 0. The van der Waals surface area contributed by atoms with Crippen LogP contribution in [0.15, 0.2) is 121 Å². The minimum absolute atomic E-state index is 0. The fourth-order valence-corrected chi connectivity index (χ4v) is 8.39. The van der Waals surface area contributed by atoms with Gasteiger partial charge in [-0.2, -0.15) is 0 Å². The van der Waals surface area contributed by atoms with Crippen LogP contribution >= 0.6 is 0 Å². The number of para-hydroxylation sites is 4. The molecule has 12 nitrogen and oxygen atoms in total. The van der Waals surface area contributed by atoms with E-state index in [-0.39, 0.29) is 46.1 Å². The number of nitrogens with one attached hydrogen (secondary N) is 4. The maximum Gasteiger partial charge on any atom is 2.00 e. The molecule has 0 amide bonds. The zero-order valence-electron chi connectivity index (χ0n) is 39.5. The van der Waals surface area contributed by atoms with Crippen molar-refractivity contribution in [2.24, 2.45) is 0 Å². The fourth-order valence-electron chi connectivity index (χ4n) is 8.39. The van der Waals surface area contributed by atoms with Crippen LogP contribution in [0.5, 0.6) is 0 Å². The molecule has 4 aliphatic heterocycles. The van der Waals surface area contributed by atoms with Crippen molar-refractivity contribution in [3.8, 4) is 0 Å². The summed E-state index contributed by atoms with van der Waals surface area (Å²) >= 11 is 0. The van der Waals surface area contributed by atoms with Crippen LogP contribution in [0, 0.1) is 0 Å². The molecule has 4 aromatic carbocycles. The number of likely N-dealkylation sites (tertiary alicyclic amines) is 4. The smallest absolute Gasteiger partial charge is 0.356 e. The normalized spacial score (nSPS) is 16.6. The molecule has 0 unspecified atom stereocenters. The predicted molar refractivity (Wildman–Crippen MR) is 274 cm³/mol. The standard InChI is InChI=1S/2C26H34N6.2Mg/c2*1-3-13-23(14-4-1)29-25(31-19-9-10-20-31)27-17-7-8-18-28-26(32-21-11-12-22-32)30-24-15-5-2-6-16-24;;/h2*1-6,13-16H,7-12,17-22H2;;/q2*-2;2*+2/p+4. The van der Waals surface area contributed by atoms with Crippen LogP contribution in [0.25, 0.3) is 21.3 Å². The molecule has 66 heavy (non-hydrogen) atoms. The van der Waals surface area contributed by atoms with E-state index in [1.165, 1.54) is 51.4 Å². The SMILES string of the molecule is [Mg+2].[Mg+2].c1ccc([N-]C(=[NH+]CCCC[N-]C(=[NH+]c2ccccc2)N2CCCC2)N2CCCC2)cc1.c1ccc([N-]C(=[NH+]CCCC[N-]C(=[NH+]c2ccccc2)N2CCCC2)N2CCCC2)cc1. The summed E-state index contributed by atoms with van der Waals surface area (Å²) in [6, 6.07) is 41.2. The first-order valence-corrected chi connectivity index (χ1v) is 24.2. The molecule has 0 saturated carbocycles. The van der Waals surface area contributed by atoms with Gasteiger partial charge in [-0.15, -0.1) is 0 Å². The topological polar surface area (TPSA) is 125 Å². The van der Waals surface area contributed by atoms with Crippen LogP contribution in [0.2, 0.25) is 0 Å². The van der Waals surface area contributed by atoms with Crippen molar-refractivity contribution in [3.05, 3.63) is 143 Å². The molecule has 4 N–H and O–H groups in total. The molecule has 4 aliphatic rings. The predicted octanol–water partition coefficient (Wildman–Crippen LogP) is 3.72. The van der Waals surface area contributed by atoms with E-state index in [1.54, 1.807) is 0 Å². The number of unbranched alkanes of at least 4 members (excludes halogenated alkanes) is 2. The molecule has 4 saturated heterocycles. The number of hydrogen-bond donors (Lipinski definition) is 4. The van der Waals surface area contributed by atoms with Gasteiger partial charge in [0.2, 0.25) is 0 Å². The third kappa shape index (κ3) is 18.3. The molecule has 4 aromatic rings. The van der Waals surface area contributed by atoms with Crippen LogP contribution in [0.3, 0.4) is 0 Å². The van der Waals surface area contributed by atoms with Gasteiger partial charge in [0.1, 0.15) is 0 Å². The Bertz CT molecular complexity index is 1860. The Morgan fingerprint density at radius 3 is 0.970 bits per heavy atom. The number of benzene rings is 4. The number of guanidine groups is 4. The summed E-state index contributed by atoms with van der Waals surface area (Å²) in [5.41, 5.74) is 4.22. The average molecular weight is 914 g/mol. The van der Waals surface area contributed by atoms with Crippen LogP contribution in [-0.4, -0.2) is 168 Å². The van der Waals surface area contributed by atoms with Crippen LogP contribution in [-0.2, 0) is 0 Å². The number of nitrogens with zero attached hydrogens (tertiary/aromatic N) is 8. The first kappa shape index (κ1) is 52.5. The second-order valence-corrected chi connectivity index (χ2v) is 17.0. The van der Waals surface area contributed by atoms with Gasteiger partial charge < -0.3 is 39.6 Å². The van der Waals surface area contributed by atoms with E-state index < -0.39 is 0 Å². The molecule has 0 aromatic heterocycles. The van der Waals surface area contributed by atoms with Crippen molar-refractivity contribution >= 4 is 92.7 Å². The van der Waals surface area contributed by atoms with Crippen molar-refractivity contribution in [3.63, 3.8) is 0 Å². The fraction of sp³-hybridized carbons (Fsp3) is 0.462. The second kappa shape index (κ2) is 30.7. The quantitative estimate of drug-likeness (QED) is 0.0667. The van der Waals surface area contributed by atoms with E-state index in [4.69, 9.17) is 21.3 Å². The summed E-state index contributed by atoms with van der Waals surface area (Å²) in [4.78, 5) is 23.8. The van der Waals surface area contributed by atoms with Gasteiger partial charge in [-0.1, -0.05) is 72.8 Å². The zero-order valence-corrected chi connectivity index (χ0v) is 42.3. The van der Waals surface area contributed by atoms with Gasteiger partial charge in [-0.25, -0.2) is 10.6 Å². The van der Waals surface area contributed by atoms with Crippen molar-refractivity contribution < 1.29 is 20.0 Å². The van der Waals surface area contributed by atoms with Crippen LogP contribution in [0.1, 0.15) is 77.0 Å². The number of rotatable bonds is 14. The molecule has 0 bridgehead atoms. The largest absolute Gasteiger partial charge is 2.00 e. The minimum Gasteiger partial charge on any atom is -0.356 e. The van der Waals surface area contributed by atoms with Gasteiger partial charge in [0, 0.05) is 89.9 Å². The van der Waals surface area contributed by atoms with E-state index in [0.717, 1.165) is 151 Å². The summed E-state index contributed by atoms with van der Waals surface area (Å²) in [6.07, 6.45) is 14.2. The van der Waals surface area contributed by atoms with Gasteiger partial charge in [0.05, 0.1) is 11.4 Å². The Hall–Kier alpha value is -4.51. The molecule has 0 radical (unpaired) electrons. The molecular weight excluding hydrogens is 841 g/mol. The Morgan fingerprint density at radius 1 is 0.364 bits per heavy atom. The monoisotopic (exact) mass is 913 g/mol.